The van der Waals surface area contributed by atoms with Crippen LogP contribution in [-0.4, -0.2) is 29.8 Å². The van der Waals surface area contributed by atoms with Crippen LogP contribution in [0.4, 0.5) is 11.4 Å². The number of amides is 3. The van der Waals surface area contributed by atoms with Crippen LogP contribution in [0.15, 0.2) is 78.9 Å². The van der Waals surface area contributed by atoms with Gasteiger partial charge in [0.1, 0.15) is 0 Å². The van der Waals surface area contributed by atoms with Crippen molar-refractivity contribution in [2.75, 3.05) is 10.6 Å². The molecular formula is C33H38N4O3. The molecule has 0 saturated carbocycles. The SMILES string of the molecule is CCC(C)[C@@H]1NC(=O)c2ccccc2/C1=C/C(=O)Nc1ccccc1-c1ccccc1NC(=O)[C@@H](N)[C@@H](C)CC. The van der Waals surface area contributed by atoms with Crippen molar-refractivity contribution < 1.29 is 14.4 Å². The van der Waals surface area contributed by atoms with Gasteiger partial charge in [-0.25, -0.2) is 0 Å². The zero-order chi connectivity index (χ0) is 28.8. The van der Waals surface area contributed by atoms with Gasteiger partial charge in [0.2, 0.25) is 11.8 Å². The molecular weight excluding hydrogens is 500 g/mol. The lowest BCUT2D eigenvalue weighted by Crippen LogP contribution is -2.44. The summed E-state index contributed by atoms with van der Waals surface area (Å²) in [5.41, 5.74) is 11.0. The third kappa shape index (κ3) is 6.15. The van der Waals surface area contributed by atoms with Crippen LogP contribution in [0.1, 0.15) is 56.5 Å². The third-order valence-electron chi connectivity index (χ3n) is 7.82. The Morgan fingerprint density at radius 1 is 0.825 bits per heavy atom. The molecule has 7 nitrogen and oxygen atoms in total. The van der Waals surface area contributed by atoms with E-state index in [2.05, 4.69) is 29.8 Å². The van der Waals surface area contributed by atoms with Gasteiger partial charge in [0, 0.05) is 34.1 Å². The van der Waals surface area contributed by atoms with E-state index in [9.17, 15) is 14.4 Å². The zero-order valence-electron chi connectivity index (χ0n) is 23.5. The third-order valence-corrected chi connectivity index (χ3v) is 7.82. The van der Waals surface area contributed by atoms with Gasteiger partial charge in [-0.1, -0.05) is 95.1 Å². The normalized spacial score (nSPS) is 17.8. The van der Waals surface area contributed by atoms with Gasteiger partial charge >= 0.3 is 0 Å². The summed E-state index contributed by atoms with van der Waals surface area (Å²) in [4.78, 5) is 39.1. The molecule has 7 heteroatoms. The summed E-state index contributed by atoms with van der Waals surface area (Å²) in [6.45, 7) is 8.10. The van der Waals surface area contributed by atoms with Gasteiger partial charge in [-0.3, -0.25) is 14.4 Å². The molecule has 3 aromatic rings. The van der Waals surface area contributed by atoms with E-state index < -0.39 is 6.04 Å². The van der Waals surface area contributed by atoms with Crippen LogP contribution in [0.5, 0.6) is 0 Å². The first-order valence-corrected chi connectivity index (χ1v) is 13.9. The molecule has 3 amide bonds. The molecule has 0 aliphatic carbocycles. The molecule has 1 heterocycles. The number of rotatable bonds is 9. The number of anilines is 2. The Morgan fingerprint density at radius 3 is 1.93 bits per heavy atom. The number of hydrogen-bond acceptors (Lipinski definition) is 4. The predicted octanol–water partition coefficient (Wildman–Crippen LogP) is 5.85. The highest BCUT2D eigenvalue weighted by atomic mass is 16.2. The summed E-state index contributed by atoms with van der Waals surface area (Å²) in [5.74, 6) is -0.499. The van der Waals surface area contributed by atoms with Gasteiger partial charge in [0.05, 0.1) is 12.1 Å². The molecule has 0 bridgehead atoms. The first-order valence-electron chi connectivity index (χ1n) is 13.9. The van der Waals surface area contributed by atoms with E-state index >= 15 is 0 Å². The standard InChI is InChI=1S/C33H38N4O3/c1-5-20(3)30(34)33(40)36-28-18-12-10-15-24(28)23-14-9-11-17-27(23)35-29(38)19-26-22-13-7-8-16-25(22)32(39)37-31(26)21(4)6-2/h7-21,30-31H,5-6,34H2,1-4H3,(H,35,38)(H,36,40)(H,37,39)/b26-19-/t20-,21?,30-,31-/m0/s1. The van der Waals surface area contributed by atoms with E-state index in [0.717, 1.165) is 35.1 Å². The minimum Gasteiger partial charge on any atom is -0.345 e. The lowest BCUT2D eigenvalue weighted by atomic mass is 9.82. The molecule has 0 radical (unpaired) electrons. The van der Waals surface area contributed by atoms with E-state index in [4.69, 9.17) is 5.73 Å². The summed E-state index contributed by atoms with van der Waals surface area (Å²) in [5, 5.41) is 9.11. The fourth-order valence-corrected chi connectivity index (χ4v) is 4.94. The van der Waals surface area contributed by atoms with Gasteiger partial charge in [-0.05, 0) is 41.2 Å². The van der Waals surface area contributed by atoms with Gasteiger partial charge in [-0.15, -0.1) is 0 Å². The highest BCUT2D eigenvalue weighted by Gasteiger charge is 2.32. The first kappa shape index (κ1) is 28.8. The fourth-order valence-electron chi connectivity index (χ4n) is 4.94. The maximum absolute atomic E-state index is 13.5. The van der Waals surface area contributed by atoms with Crippen molar-refractivity contribution in [2.24, 2.45) is 17.6 Å². The van der Waals surface area contributed by atoms with Crippen LogP contribution in [0, 0.1) is 11.8 Å². The number of fused-ring (bicyclic) bond motifs is 1. The Morgan fingerprint density at radius 2 is 1.35 bits per heavy atom. The molecule has 4 rings (SSSR count). The molecule has 208 valence electrons. The minimum absolute atomic E-state index is 0.0423. The zero-order valence-corrected chi connectivity index (χ0v) is 23.5. The highest BCUT2D eigenvalue weighted by molar-refractivity contribution is 6.11. The number of carbonyl (C=O) groups is 3. The molecule has 0 aromatic heterocycles. The van der Waals surface area contributed by atoms with Crippen molar-refractivity contribution in [2.45, 2.75) is 52.6 Å². The van der Waals surface area contributed by atoms with E-state index in [1.54, 1.807) is 12.1 Å². The maximum atomic E-state index is 13.5. The molecule has 0 spiro atoms. The smallest absolute Gasteiger partial charge is 0.252 e. The fraction of sp³-hybridized carbons (Fsp3) is 0.303. The summed E-state index contributed by atoms with van der Waals surface area (Å²) in [6.07, 6.45) is 3.23. The lowest BCUT2D eigenvalue weighted by molar-refractivity contribution is -0.118. The molecule has 3 aromatic carbocycles. The average Bonchev–Trinajstić information content (AvgIpc) is 2.97. The molecule has 0 fully saturated rings. The van der Waals surface area contributed by atoms with E-state index in [1.165, 1.54) is 0 Å². The quantitative estimate of drug-likeness (QED) is 0.256. The van der Waals surface area contributed by atoms with Gasteiger partial charge in [-0.2, -0.15) is 0 Å². The van der Waals surface area contributed by atoms with E-state index in [1.807, 2.05) is 80.6 Å². The molecule has 4 atom stereocenters. The largest absolute Gasteiger partial charge is 0.345 e. The molecule has 0 saturated heterocycles. The average molecular weight is 539 g/mol. The van der Waals surface area contributed by atoms with Crippen LogP contribution in [-0.2, 0) is 9.59 Å². The second-order valence-electron chi connectivity index (χ2n) is 10.5. The Bertz CT molecular complexity index is 1430. The molecule has 1 unspecified atom stereocenters. The Hall–Kier alpha value is -4.23. The van der Waals surface area contributed by atoms with Gasteiger partial charge in [0.25, 0.3) is 5.91 Å². The number of nitrogens with two attached hydrogens (primary N) is 1. The van der Waals surface area contributed by atoms with Crippen molar-refractivity contribution in [1.82, 2.24) is 5.32 Å². The molecule has 1 aliphatic heterocycles. The Kier molecular flexibility index (Phi) is 9.17. The minimum atomic E-state index is -0.628. The number of para-hydroxylation sites is 2. The van der Waals surface area contributed by atoms with Crippen LogP contribution in [0.25, 0.3) is 16.7 Å². The highest BCUT2D eigenvalue weighted by Crippen LogP contribution is 2.35. The van der Waals surface area contributed by atoms with Crippen molar-refractivity contribution in [3.05, 3.63) is 90.0 Å². The second-order valence-corrected chi connectivity index (χ2v) is 10.5. The summed E-state index contributed by atoms with van der Waals surface area (Å²) >= 11 is 0. The van der Waals surface area contributed by atoms with Crippen LogP contribution in [0.3, 0.4) is 0 Å². The van der Waals surface area contributed by atoms with E-state index in [-0.39, 0.29) is 35.6 Å². The van der Waals surface area contributed by atoms with Crippen molar-refractivity contribution in [1.29, 1.82) is 0 Å². The number of carbonyl (C=O) groups excluding carboxylic acids is 3. The van der Waals surface area contributed by atoms with Crippen LogP contribution >= 0.6 is 0 Å². The topological polar surface area (TPSA) is 113 Å². The second kappa shape index (κ2) is 12.7. The first-order chi connectivity index (χ1) is 19.2. The van der Waals surface area contributed by atoms with Crippen molar-refractivity contribution >= 4 is 34.7 Å². The molecule has 1 aliphatic rings. The lowest BCUT2D eigenvalue weighted by Gasteiger charge is -2.32. The van der Waals surface area contributed by atoms with Gasteiger partial charge in [0.15, 0.2) is 0 Å². The van der Waals surface area contributed by atoms with Crippen LogP contribution < -0.4 is 21.7 Å². The Labute approximate surface area is 236 Å². The number of benzene rings is 3. The monoisotopic (exact) mass is 538 g/mol. The number of hydrogen-bond donors (Lipinski definition) is 4. The molecule has 40 heavy (non-hydrogen) atoms. The van der Waals surface area contributed by atoms with Gasteiger partial charge < -0.3 is 21.7 Å². The number of nitrogens with one attached hydrogen (secondary N) is 3. The maximum Gasteiger partial charge on any atom is 0.252 e. The summed E-state index contributed by atoms with van der Waals surface area (Å²) in [7, 11) is 0. The summed E-state index contributed by atoms with van der Waals surface area (Å²) < 4.78 is 0. The molecule has 5 N–H and O–H groups in total. The Balaban J connectivity index is 1.67. The summed E-state index contributed by atoms with van der Waals surface area (Å²) in [6, 6.07) is 21.4. The van der Waals surface area contributed by atoms with Crippen molar-refractivity contribution in [3.63, 3.8) is 0 Å². The van der Waals surface area contributed by atoms with E-state index in [0.29, 0.717) is 16.9 Å². The predicted molar refractivity (Wildman–Crippen MR) is 162 cm³/mol. The van der Waals surface area contributed by atoms with Crippen LogP contribution in [0.2, 0.25) is 0 Å². The van der Waals surface area contributed by atoms with Crippen molar-refractivity contribution in [3.8, 4) is 11.1 Å².